The summed E-state index contributed by atoms with van der Waals surface area (Å²) in [5.74, 6) is -0.313. The van der Waals surface area contributed by atoms with Crippen molar-refractivity contribution in [3.05, 3.63) is 81.8 Å². The lowest BCUT2D eigenvalue weighted by Gasteiger charge is -2.26. The zero-order chi connectivity index (χ0) is 36.0. The van der Waals surface area contributed by atoms with E-state index in [1.807, 2.05) is 6.92 Å². The molecule has 0 fully saturated rings. The summed E-state index contributed by atoms with van der Waals surface area (Å²) in [6, 6.07) is 13.5. The van der Waals surface area contributed by atoms with E-state index in [1.165, 1.54) is 22.8 Å². The molecule has 9 heteroatoms. The van der Waals surface area contributed by atoms with Crippen LogP contribution in [0.2, 0.25) is 0 Å². The van der Waals surface area contributed by atoms with Crippen molar-refractivity contribution in [1.29, 1.82) is 5.41 Å². The molecular weight excluding hydrogens is 629 g/mol. The van der Waals surface area contributed by atoms with E-state index in [4.69, 9.17) is 10.2 Å². The second-order valence-electron chi connectivity index (χ2n) is 14.0. The van der Waals surface area contributed by atoms with E-state index in [-0.39, 0.29) is 23.4 Å². The number of nitrogens with one attached hydrogen (secondary N) is 3. The van der Waals surface area contributed by atoms with Crippen LogP contribution in [-0.2, 0) is 16.0 Å². The van der Waals surface area contributed by atoms with Gasteiger partial charge in [-0.1, -0.05) is 49.8 Å². The van der Waals surface area contributed by atoms with Gasteiger partial charge in [-0.05, 0) is 138 Å². The first-order valence-corrected chi connectivity index (χ1v) is 18.4. The molecule has 0 radical (unpaired) electrons. The number of nitrogens with zero attached hydrogens (tertiary/aromatic N) is 2. The van der Waals surface area contributed by atoms with Gasteiger partial charge in [-0.3, -0.25) is 19.8 Å². The number of rotatable bonds is 16. The smallest absolute Gasteiger partial charge is 0.243 e. The Morgan fingerprint density at radius 2 is 1.76 bits per heavy atom. The molecule has 0 saturated heterocycles. The van der Waals surface area contributed by atoms with Gasteiger partial charge >= 0.3 is 0 Å². The summed E-state index contributed by atoms with van der Waals surface area (Å²) in [5, 5.41) is 20.7. The minimum atomic E-state index is -0.419. The number of hydrogen-bond donors (Lipinski definition) is 4. The Balaban J connectivity index is 1.45. The summed E-state index contributed by atoms with van der Waals surface area (Å²) < 4.78 is 14.0. The zero-order valence-electron chi connectivity index (χ0n) is 30.4. The predicted molar refractivity (Wildman–Crippen MR) is 201 cm³/mol. The predicted octanol–water partition coefficient (Wildman–Crippen LogP) is 8.83. The van der Waals surface area contributed by atoms with Crippen LogP contribution in [-0.4, -0.2) is 54.0 Å². The van der Waals surface area contributed by atoms with E-state index in [1.54, 1.807) is 17.6 Å². The molecule has 2 aromatic rings. The molecule has 8 nitrogen and oxygen atoms in total. The van der Waals surface area contributed by atoms with Gasteiger partial charge in [0, 0.05) is 36.3 Å². The summed E-state index contributed by atoms with van der Waals surface area (Å²) in [6.45, 7) is 8.13. The first-order chi connectivity index (χ1) is 24.1. The van der Waals surface area contributed by atoms with Crippen molar-refractivity contribution in [2.75, 3.05) is 25.5 Å². The first-order valence-electron chi connectivity index (χ1n) is 18.4. The largest absolute Gasteiger partial charge is 0.324 e. The van der Waals surface area contributed by atoms with E-state index in [9.17, 15) is 19.4 Å². The molecular formula is C41H56FN5O3. The lowest BCUT2D eigenvalue weighted by Crippen LogP contribution is -2.25. The zero-order valence-corrected chi connectivity index (χ0v) is 30.4. The van der Waals surface area contributed by atoms with Gasteiger partial charge in [0.1, 0.15) is 5.82 Å². The highest BCUT2D eigenvalue weighted by molar-refractivity contribution is 6.13. The van der Waals surface area contributed by atoms with Crippen LogP contribution in [0.3, 0.4) is 0 Å². The third-order valence-electron chi connectivity index (χ3n) is 10.2. The Hall–Kier alpha value is -3.95. The molecule has 2 unspecified atom stereocenters. The molecule has 2 atom stereocenters. The van der Waals surface area contributed by atoms with Crippen molar-refractivity contribution >= 4 is 35.0 Å². The molecule has 0 spiro atoms. The highest BCUT2D eigenvalue weighted by Gasteiger charge is 2.33. The molecule has 270 valence electrons. The SMILES string of the molecule is CCC1=C(c2ccc(CCCCC(=O)Nc3cc(C)ccc3F)cc2)C2=C(N=CCCCC2=N)C(C)C(CCCN(C)CCCC(=O)NO)C1. The van der Waals surface area contributed by atoms with Gasteiger partial charge in [-0.25, -0.2) is 9.87 Å². The number of carbonyl (C=O) groups excluding carboxylic acids is 2. The average Bonchev–Trinajstić information content (AvgIpc) is 3.21. The Morgan fingerprint density at radius 1 is 1.02 bits per heavy atom. The maximum absolute atomic E-state index is 14.0. The lowest BCUT2D eigenvalue weighted by molar-refractivity contribution is -0.129. The van der Waals surface area contributed by atoms with Crippen molar-refractivity contribution in [2.24, 2.45) is 16.8 Å². The van der Waals surface area contributed by atoms with Gasteiger partial charge in [0.2, 0.25) is 11.8 Å². The van der Waals surface area contributed by atoms with Gasteiger partial charge in [0.05, 0.1) is 11.4 Å². The van der Waals surface area contributed by atoms with E-state index < -0.39 is 5.82 Å². The van der Waals surface area contributed by atoms with Crippen LogP contribution in [0.5, 0.6) is 0 Å². The Kier molecular flexibility index (Phi) is 15.1. The third kappa shape index (κ3) is 11.0. The molecule has 4 N–H and O–H groups in total. The molecule has 0 aromatic heterocycles. The number of unbranched alkanes of at least 4 members (excludes halogenated alkanes) is 1. The first kappa shape index (κ1) is 38.8. The maximum atomic E-state index is 14.0. The van der Waals surface area contributed by atoms with E-state index >= 15 is 0 Å². The van der Waals surface area contributed by atoms with E-state index in [0.717, 1.165) is 93.3 Å². The maximum Gasteiger partial charge on any atom is 0.243 e. The van der Waals surface area contributed by atoms with Crippen molar-refractivity contribution in [3.8, 4) is 0 Å². The molecule has 1 aliphatic carbocycles. The van der Waals surface area contributed by atoms with Crippen LogP contribution in [0, 0.1) is 30.0 Å². The third-order valence-corrected chi connectivity index (χ3v) is 10.2. The van der Waals surface area contributed by atoms with E-state index in [2.05, 4.69) is 61.6 Å². The number of amides is 2. The minimum absolute atomic E-state index is 0.171. The van der Waals surface area contributed by atoms with Gasteiger partial charge in [0.25, 0.3) is 0 Å². The number of aryl methyl sites for hydroxylation is 2. The molecule has 0 saturated carbocycles. The van der Waals surface area contributed by atoms with Crippen molar-refractivity contribution in [2.45, 2.75) is 104 Å². The normalized spacial score (nSPS) is 18.1. The van der Waals surface area contributed by atoms with Gasteiger partial charge in [-0.15, -0.1) is 0 Å². The van der Waals surface area contributed by atoms with Gasteiger partial charge < -0.3 is 15.6 Å². The van der Waals surface area contributed by atoms with Crippen LogP contribution in [0.15, 0.2) is 64.3 Å². The average molecular weight is 686 g/mol. The number of carbonyl (C=O) groups is 2. The number of allylic oxidation sites excluding steroid dienone is 4. The van der Waals surface area contributed by atoms with Crippen LogP contribution in [0.1, 0.15) is 108 Å². The fourth-order valence-electron chi connectivity index (χ4n) is 7.22. The lowest BCUT2D eigenvalue weighted by atomic mass is 9.83. The quantitative estimate of drug-likeness (QED) is 0.0802. The highest BCUT2D eigenvalue weighted by Crippen LogP contribution is 2.45. The topological polar surface area (TPSA) is 118 Å². The standard InChI is InChI=1S/C41H56FN5O3/c1-5-31-27-33(13-10-24-47(4)25-11-16-38(49)46-50)29(3)41-40(35(43)14-8-9-23-44-41)39(31)32-20-18-30(19-21-32)12-6-7-15-37(48)45-36-26-28(2)17-22-34(36)42/h17-23,26,29,33,43,50H,5-16,24-25,27H2,1-4H3,(H,45,48)(H,46,49). The number of anilines is 1. The molecule has 4 rings (SSSR count). The summed E-state index contributed by atoms with van der Waals surface area (Å²) in [7, 11) is 2.08. The number of aliphatic imine (C=N–C) groups is 1. The van der Waals surface area contributed by atoms with Crippen LogP contribution in [0.4, 0.5) is 10.1 Å². The fourth-order valence-corrected chi connectivity index (χ4v) is 7.22. The van der Waals surface area contributed by atoms with Crippen molar-refractivity contribution < 1.29 is 19.2 Å². The van der Waals surface area contributed by atoms with Gasteiger partial charge in [0.15, 0.2) is 0 Å². The Morgan fingerprint density at radius 3 is 2.50 bits per heavy atom. The summed E-state index contributed by atoms with van der Waals surface area (Å²) in [4.78, 5) is 31.2. The molecule has 1 aliphatic heterocycles. The molecule has 2 amide bonds. The minimum Gasteiger partial charge on any atom is -0.324 e. The van der Waals surface area contributed by atoms with Crippen molar-refractivity contribution in [1.82, 2.24) is 10.4 Å². The van der Waals surface area contributed by atoms with Crippen LogP contribution < -0.4 is 10.8 Å². The summed E-state index contributed by atoms with van der Waals surface area (Å²) >= 11 is 0. The van der Waals surface area contributed by atoms with E-state index in [0.29, 0.717) is 37.3 Å². The number of halogens is 1. The monoisotopic (exact) mass is 685 g/mol. The van der Waals surface area contributed by atoms with Crippen LogP contribution in [0.25, 0.3) is 5.57 Å². The molecule has 0 bridgehead atoms. The summed E-state index contributed by atoms with van der Waals surface area (Å²) in [6.07, 6.45) is 12.4. The number of hydrogen-bond acceptors (Lipinski definition) is 6. The molecule has 50 heavy (non-hydrogen) atoms. The Labute approximate surface area is 297 Å². The van der Waals surface area contributed by atoms with Crippen LogP contribution >= 0.6 is 0 Å². The van der Waals surface area contributed by atoms with Crippen molar-refractivity contribution in [3.63, 3.8) is 0 Å². The second-order valence-corrected chi connectivity index (χ2v) is 14.0. The fraction of sp³-hybridized carbons (Fsp3) is 0.512. The summed E-state index contributed by atoms with van der Waals surface area (Å²) in [5.41, 5.74) is 10.5. The number of hydroxylamine groups is 1. The second kappa shape index (κ2) is 19.4. The Bertz CT molecular complexity index is 1580. The molecule has 2 aromatic carbocycles. The molecule has 1 heterocycles. The highest BCUT2D eigenvalue weighted by atomic mass is 19.1. The number of benzene rings is 2. The van der Waals surface area contributed by atoms with Gasteiger partial charge in [-0.2, -0.15) is 0 Å². The molecule has 2 aliphatic rings.